The van der Waals surface area contributed by atoms with E-state index in [1.54, 1.807) is 39.3 Å². The lowest BCUT2D eigenvalue weighted by molar-refractivity contribution is -0.116. The number of hydrogen-bond donors (Lipinski definition) is 1. The van der Waals surface area contributed by atoms with Gasteiger partial charge < -0.3 is 5.32 Å². The van der Waals surface area contributed by atoms with Gasteiger partial charge in [0, 0.05) is 37.8 Å². The van der Waals surface area contributed by atoms with Crippen LogP contribution in [0.2, 0.25) is 5.15 Å². The summed E-state index contributed by atoms with van der Waals surface area (Å²) in [6.45, 7) is 6.18. The number of aryl methyl sites for hydroxylation is 2. The van der Waals surface area contributed by atoms with Gasteiger partial charge in [-0.1, -0.05) is 43.5 Å². The molecule has 2 aromatic rings. The van der Waals surface area contributed by atoms with Crippen LogP contribution in [0.1, 0.15) is 55.8 Å². The van der Waals surface area contributed by atoms with Gasteiger partial charge in [0.2, 0.25) is 15.9 Å². The number of hydrogen-bond acceptors (Lipinski definition) is 4. The molecule has 1 aliphatic rings. The van der Waals surface area contributed by atoms with Crippen molar-refractivity contribution in [2.24, 2.45) is 0 Å². The van der Waals surface area contributed by atoms with E-state index in [2.05, 4.69) is 17.3 Å². The third-order valence-electron chi connectivity index (χ3n) is 5.58. The Morgan fingerprint density at radius 1 is 1.19 bits per heavy atom. The molecule has 1 N–H and O–H groups in total. The molecule has 2 heterocycles. The van der Waals surface area contributed by atoms with E-state index in [0.29, 0.717) is 29.7 Å². The summed E-state index contributed by atoms with van der Waals surface area (Å²) >= 11 is 6.39. The first-order chi connectivity index (χ1) is 15.3. The number of carbonyl (C=O) groups excluding carboxylic acids is 1. The second-order valence-electron chi connectivity index (χ2n) is 8.03. The number of amides is 1. The normalized spacial score (nSPS) is 15.3. The van der Waals surface area contributed by atoms with Gasteiger partial charge in [-0.05, 0) is 50.0 Å². The molecule has 1 fully saturated rings. The summed E-state index contributed by atoms with van der Waals surface area (Å²) in [7, 11) is -3.45. The highest BCUT2D eigenvalue weighted by Crippen LogP contribution is 2.22. The molecule has 0 unspecified atom stereocenters. The maximum atomic E-state index is 12.7. The van der Waals surface area contributed by atoms with Crippen molar-refractivity contribution in [3.05, 3.63) is 52.3 Å². The molecule has 9 heteroatoms. The molecule has 1 aliphatic heterocycles. The highest BCUT2D eigenvalue weighted by Gasteiger charge is 2.25. The summed E-state index contributed by atoms with van der Waals surface area (Å²) in [5.41, 5.74) is 2.34. The number of carbonyl (C=O) groups is 1. The fourth-order valence-electron chi connectivity index (χ4n) is 3.65. The summed E-state index contributed by atoms with van der Waals surface area (Å²) in [6.07, 6.45) is 8.04. The molecule has 1 aromatic carbocycles. The molecule has 0 spiro atoms. The zero-order valence-electron chi connectivity index (χ0n) is 18.7. The molecule has 0 saturated carbocycles. The molecule has 0 atom stereocenters. The lowest BCUT2D eigenvalue weighted by atomic mass is 10.2. The van der Waals surface area contributed by atoms with Crippen molar-refractivity contribution in [3.8, 4) is 0 Å². The Bertz CT molecular complexity index is 1060. The van der Waals surface area contributed by atoms with E-state index in [1.165, 1.54) is 6.08 Å². The number of nitrogens with zero attached hydrogens (tertiary/aromatic N) is 3. The molecule has 174 valence electrons. The summed E-state index contributed by atoms with van der Waals surface area (Å²) in [4.78, 5) is 12.5. The molecule has 1 saturated heterocycles. The van der Waals surface area contributed by atoms with Crippen LogP contribution in [0, 0.1) is 6.92 Å². The van der Waals surface area contributed by atoms with Crippen molar-refractivity contribution in [3.63, 3.8) is 0 Å². The SMILES string of the molecule is CCCCn1nc(C)c(/C=C/C(=O)NCc2ccc(S(=O)(=O)N3CCCCC3)cc2)c1Cl. The molecule has 7 nitrogen and oxygen atoms in total. The first-order valence-corrected chi connectivity index (χ1v) is 12.9. The Labute approximate surface area is 195 Å². The third-order valence-corrected chi connectivity index (χ3v) is 7.89. The predicted molar refractivity (Wildman–Crippen MR) is 127 cm³/mol. The average Bonchev–Trinajstić information content (AvgIpc) is 3.08. The highest BCUT2D eigenvalue weighted by atomic mass is 35.5. The second-order valence-corrected chi connectivity index (χ2v) is 10.3. The smallest absolute Gasteiger partial charge is 0.244 e. The van der Waals surface area contributed by atoms with Crippen LogP contribution in [0.4, 0.5) is 0 Å². The van der Waals surface area contributed by atoms with E-state index in [0.717, 1.165) is 55.5 Å². The third kappa shape index (κ3) is 5.99. The quantitative estimate of drug-likeness (QED) is 0.549. The van der Waals surface area contributed by atoms with Crippen molar-refractivity contribution >= 4 is 33.6 Å². The Morgan fingerprint density at radius 3 is 2.53 bits per heavy atom. The van der Waals surface area contributed by atoms with E-state index >= 15 is 0 Å². The van der Waals surface area contributed by atoms with Crippen molar-refractivity contribution < 1.29 is 13.2 Å². The largest absolute Gasteiger partial charge is 0.348 e. The number of benzene rings is 1. The Morgan fingerprint density at radius 2 is 1.88 bits per heavy atom. The molecular formula is C23H31ClN4O3S. The molecule has 0 bridgehead atoms. The average molecular weight is 479 g/mol. The Kier molecular flexibility index (Phi) is 8.51. The first kappa shape index (κ1) is 24.5. The van der Waals surface area contributed by atoms with Crippen molar-refractivity contribution in [1.29, 1.82) is 0 Å². The molecular weight excluding hydrogens is 448 g/mol. The van der Waals surface area contributed by atoms with Crippen molar-refractivity contribution in [1.82, 2.24) is 19.4 Å². The summed E-state index contributed by atoms with van der Waals surface area (Å²) < 4.78 is 28.8. The van der Waals surface area contributed by atoms with Crippen LogP contribution in [-0.4, -0.2) is 41.5 Å². The molecule has 0 aliphatic carbocycles. The molecule has 3 rings (SSSR count). The maximum Gasteiger partial charge on any atom is 0.244 e. The van der Waals surface area contributed by atoms with Crippen LogP contribution in [0.5, 0.6) is 0 Å². The van der Waals surface area contributed by atoms with Crippen LogP contribution in [0.15, 0.2) is 35.2 Å². The first-order valence-electron chi connectivity index (χ1n) is 11.1. The zero-order chi connectivity index (χ0) is 23.1. The monoisotopic (exact) mass is 478 g/mol. The van der Waals surface area contributed by atoms with Crippen LogP contribution < -0.4 is 5.32 Å². The number of piperidine rings is 1. The standard InChI is InChI=1S/C23H31ClN4O3S/c1-3-4-16-28-23(24)21(18(2)26-28)12-13-22(29)25-17-19-8-10-20(11-9-19)32(30,31)27-14-6-5-7-15-27/h8-13H,3-7,14-17H2,1-2H3,(H,25,29)/b13-12+. The fraction of sp³-hybridized carbons (Fsp3) is 0.478. The van der Waals surface area contributed by atoms with Crippen LogP contribution in [0.25, 0.3) is 6.08 Å². The number of aromatic nitrogens is 2. The minimum absolute atomic E-state index is 0.258. The van der Waals surface area contributed by atoms with Gasteiger partial charge in [-0.15, -0.1) is 0 Å². The van der Waals surface area contributed by atoms with E-state index in [-0.39, 0.29) is 5.91 Å². The number of rotatable bonds is 9. The van der Waals surface area contributed by atoms with Gasteiger partial charge in [0.05, 0.1) is 10.6 Å². The predicted octanol–water partition coefficient (Wildman–Crippen LogP) is 4.15. The fourth-order valence-corrected chi connectivity index (χ4v) is 5.49. The van der Waals surface area contributed by atoms with Crippen LogP contribution >= 0.6 is 11.6 Å². The van der Waals surface area contributed by atoms with Crippen molar-refractivity contribution in [2.45, 2.75) is 63.9 Å². The number of nitrogens with one attached hydrogen (secondary N) is 1. The molecule has 1 aromatic heterocycles. The lowest BCUT2D eigenvalue weighted by Gasteiger charge is -2.25. The summed E-state index contributed by atoms with van der Waals surface area (Å²) in [5, 5.41) is 7.78. The summed E-state index contributed by atoms with van der Waals surface area (Å²) in [6, 6.07) is 6.68. The lowest BCUT2D eigenvalue weighted by Crippen LogP contribution is -2.35. The van der Waals surface area contributed by atoms with Gasteiger partial charge in [0.25, 0.3) is 0 Å². The maximum absolute atomic E-state index is 12.7. The molecule has 1 amide bonds. The van der Waals surface area contributed by atoms with E-state index in [4.69, 9.17) is 11.6 Å². The highest BCUT2D eigenvalue weighted by molar-refractivity contribution is 7.89. The van der Waals surface area contributed by atoms with E-state index < -0.39 is 10.0 Å². The topological polar surface area (TPSA) is 84.3 Å². The van der Waals surface area contributed by atoms with Gasteiger partial charge in [0.15, 0.2) is 0 Å². The van der Waals surface area contributed by atoms with E-state index in [1.807, 2.05) is 6.92 Å². The Hall–Kier alpha value is -2.16. The van der Waals surface area contributed by atoms with Gasteiger partial charge >= 0.3 is 0 Å². The minimum Gasteiger partial charge on any atom is -0.348 e. The Balaban J connectivity index is 1.57. The van der Waals surface area contributed by atoms with Gasteiger partial charge in [-0.2, -0.15) is 9.40 Å². The van der Waals surface area contributed by atoms with Gasteiger partial charge in [0.1, 0.15) is 5.15 Å². The number of sulfonamides is 1. The van der Waals surface area contributed by atoms with Gasteiger partial charge in [-0.3, -0.25) is 9.48 Å². The number of unbranched alkanes of at least 4 members (excludes halogenated alkanes) is 1. The minimum atomic E-state index is -3.45. The molecule has 0 radical (unpaired) electrons. The zero-order valence-corrected chi connectivity index (χ0v) is 20.3. The summed E-state index contributed by atoms with van der Waals surface area (Å²) in [5.74, 6) is -0.258. The van der Waals surface area contributed by atoms with Crippen molar-refractivity contribution in [2.75, 3.05) is 13.1 Å². The molecule has 32 heavy (non-hydrogen) atoms. The second kappa shape index (κ2) is 11.1. The van der Waals surface area contributed by atoms with E-state index in [9.17, 15) is 13.2 Å². The van der Waals surface area contributed by atoms with Gasteiger partial charge in [-0.25, -0.2) is 8.42 Å². The number of halogens is 1. The van der Waals surface area contributed by atoms with Crippen LogP contribution in [0.3, 0.4) is 0 Å². The van der Waals surface area contributed by atoms with Crippen LogP contribution in [-0.2, 0) is 27.9 Å².